The number of nitrogens with one attached hydrogen (secondary N) is 1. The van der Waals surface area contributed by atoms with E-state index in [9.17, 15) is 4.39 Å². The van der Waals surface area contributed by atoms with Gasteiger partial charge in [0.2, 0.25) is 0 Å². The normalized spacial score (nSPS) is 10.8. The molecule has 1 aromatic carbocycles. The second kappa shape index (κ2) is 5.63. The molecule has 2 rings (SSSR count). The maximum absolute atomic E-state index is 13.8. The Morgan fingerprint density at radius 3 is 2.88 bits per heavy atom. The first-order valence-corrected chi connectivity index (χ1v) is 6.65. The summed E-state index contributed by atoms with van der Waals surface area (Å²) in [7, 11) is 0. The van der Waals surface area contributed by atoms with Gasteiger partial charge in [0.25, 0.3) is 0 Å². The zero-order chi connectivity index (χ0) is 12.3. The quantitative estimate of drug-likeness (QED) is 0.872. The first kappa shape index (κ1) is 12.6. The van der Waals surface area contributed by atoms with E-state index < -0.39 is 0 Å². The molecule has 90 valence electrons. The third kappa shape index (κ3) is 2.86. The minimum absolute atomic E-state index is 0.170. The van der Waals surface area contributed by atoms with Gasteiger partial charge in [0, 0.05) is 21.9 Å². The topological polar surface area (TPSA) is 12.0 Å². The van der Waals surface area contributed by atoms with Gasteiger partial charge in [-0.25, -0.2) is 4.39 Å². The molecule has 0 radical (unpaired) electrons. The van der Waals surface area contributed by atoms with Crippen LogP contribution >= 0.6 is 22.9 Å². The van der Waals surface area contributed by atoms with Crippen LogP contribution in [0.15, 0.2) is 30.3 Å². The second-order valence-electron chi connectivity index (χ2n) is 3.65. The van der Waals surface area contributed by atoms with Gasteiger partial charge in [-0.15, -0.1) is 11.3 Å². The summed E-state index contributed by atoms with van der Waals surface area (Å²) in [5.74, 6) is -0.342. The summed E-state index contributed by atoms with van der Waals surface area (Å²) in [6.07, 6.45) is 0. The minimum atomic E-state index is -0.342. The standard InChI is InChI=1S/C13H13ClFNS/c1-2-16-8-9-6-7-12(17-9)10-4-3-5-11(14)13(10)15/h3-7,16H,2,8H2,1H3. The van der Waals surface area contributed by atoms with E-state index in [0.29, 0.717) is 5.56 Å². The Balaban J connectivity index is 2.27. The molecule has 17 heavy (non-hydrogen) atoms. The Kier molecular flexibility index (Phi) is 4.15. The van der Waals surface area contributed by atoms with Crippen LogP contribution in [-0.2, 0) is 6.54 Å². The molecule has 0 aliphatic carbocycles. The smallest absolute Gasteiger partial charge is 0.150 e. The lowest BCUT2D eigenvalue weighted by atomic mass is 10.2. The van der Waals surface area contributed by atoms with Gasteiger partial charge in [-0.05, 0) is 24.7 Å². The highest BCUT2D eigenvalue weighted by Gasteiger charge is 2.10. The van der Waals surface area contributed by atoms with Crippen LogP contribution in [0.1, 0.15) is 11.8 Å². The average molecular weight is 270 g/mol. The Hall–Kier alpha value is -0.900. The zero-order valence-electron chi connectivity index (χ0n) is 9.47. The van der Waals surface area contributed by atoms with E-state index in [4.69, 9.17) is 11.6 Å². The number of thiophene rings is 1. The zero-order valence-corrected chi connectivity index (χ0v) is 11.0. The number of rotatable bonds is 4. The highest BCUT2D eigenvalue weighted by atomic mass is 35.5. The summed E-state index contributed by atoms with van der Waals surface area (Å²) in [4.78, 5) is 2.11. The van der Waals surface area contributed by atoms with Gasteiger partial charge < -0.3 is 5.32 Å². The predicted molar refractivity (Wildman–Crippen MR) is 72.1 cm³/mol. The molecule has 0 spiro atoms. The van der Waals surface area contributed by atoms with E-state index in [1.165, 1.54) is 4.88 Å². The SMILES string of the molecule is CCNCc1ccc(-c2cccc(Cl)c2F)s1. The second-order valence-corrected chi connectivity index (χ2v) is 5.22. The van der Waals surface area contributed by atoms with Crippen LogP contribution in [0.2, 0.25) is 5.02 Å². The van der Waals surface area contributed by atoms with E-state index in [0.717, 1.165) is 18.0 Å². The first-order chi connectivity index (χ1) is 8.22. The molecular weight excluding hydrogens is 257 g/mol. The van der Waals surface area contributed by atoms with Gasteiger partial charge in [0.15, 0.2) is 0 Å². The molecule has 1 nitrogen and oxygen atoms in total. The van der Waals surface area contributed by atoms with Crippen molar-refractivity contribution in [3.05, 3.63) is 46.0 Å². The number of hydrogen-bond donors (Lipinski definition) is 1. The maximum atomic E-state index is 13.8. The number of halogens is 2. The lowest BCUT2D eigenvalue weighted by Crippen LogP contribution is -2.10. The summed E-state index contributed by atoms with van der Waals surface area (Å²) in [6, 6.07) is 9.04. The van der Waals surface area contributed by atoms with Gasteiger partial charge in [-0.2, -0.15) is 0 Å². The van der Waals surface area contributed by atoms with Crippen molar-refractivity contribution in [1.82, 2.24) is 5.32 Å². The fraction of sp³-hybridized carbons (Fsp3) is 0.231. The van der Waals surface area contributed by atoms with E-state index in [1.807, 2.05) is 12.1 Å². The molecule has 1 heterocycles. The molecule has 1 N–H and O–H groups in total. The van der Waals surface area contributed by atoms with E-state index in [-0.39, 0.29) is 10.8 Å². The molecule has 1 aromatic heterocycles. The monoisotopic (exact) mass is 269 g/mol. The van der Waals surface area contributed by atoms with Gasteiger partial charge >= 0.3 is 0 Å². The van der Waals surface area contributed by atoms with Crippen molar-refractivity contribution < 1.29 is 4.39 Å². The summed E-state index contributed by atoms with van der Waals surface area (Å²) < 4.78 is 13.8. The molecule has 4 heteroatoms. The van der Waals surface area contributed by atoms with Gasteiger partial charge in [-0.1, -0.05) is 30.7 Å². The Labute approximate surface area is 109 Å². The third-order valence-electron chi connectivity index (χ3n) is 2.43. The van der Waals surface area contributed by atoms with E-state index in [1.54, 1.807) is 29.5 Å². The number of hydrogen-bond acceptors (Lipinski definition) is 2. The summed E-state index contributed by atoms with van der Waals surface area (Å²) in [6.45, 7) is 3.81. The first-order valence-electron chi connectivity index (χ1n) is 5.46. The fourth-order valence-electron chi connectivity index (χ4n) is 1.56. The van der Waals surface area contributed by atoms with Crippen LogP contribution in [0.5, 0.6) is 0 Å². The highest BCUT2D eigenvalue weighted by Crippen LogP contribution is 2.32. The van der Waals surface area contributed by atoms with Crippen molar-refractivity contribution in [3.63, 3.8) is 0 Å². The summed E-state index contributed by atoms with van der Waals surface area (Å²) >= 11 is 7.36. The van der Waals surface area contributed by atoms with Crippen molar-refractivity contribution in [2.24, 2.45) is 0 Å². The highest BCUT2D eigenvalue weighted by molar-refractivity contribution is 7.15. The average Bonchev–Trinajstić information content (AvgIpc) is 2.78. The predicted octanol–water partition coefficient (Wildman–Crippen LogP) is 4.32. The van der Waals surface area contributed by atoms with Crippen molar-refractivity contribution >= 4 is 22.9 Å². The van der Waals surface area contributed by atoms with Crippen LogP contribution in [0.25, 0.3) is 10.4 Å². The molecule has 0 atom stereocenters. The van der Waals surface area contributed by atoms with Gasteiger partial charge in [0.1, 0.15) is 5.82 Å². The summed E-state index contributed by atoms with van der Waals surface area (Å²) in [5.41, 5.74) is 0.574. The van der Waals surface area contributed by atoms with Crippen molar-refractivity contribution in [2.75, 3.05) is 6.54 Å². The molecule has 0 saturated heterocycles. The Morgan fingerprint density at radius 2 is 2.12 bits per heavy atom. The van der Waals surface area contributed by atoms with Crippen LogP contribution in [0, 0.1) is 5.82 Å². The van der Waals surface area contributed by atoms with Crippen LogP contribution in [0.4, 0.5) is 4.39 Å². The lowest BCUT2D eigenvalue weighted by molar-refractivity contribution is 0.632. The molecule has 0 bridgehead atoms. The van der Waals surface area contributed by atoms with Crippen molar-refractivity contribution in [2.45, 2.75) is 13.5 Å². The van der Waals surface area contributed by atoms with Crippen molar-refractivity contribution in [1.29, 1.82) is 0 Å². The fourth-order valence-corrected chi connectivity index (χ4v) is 2.73. The minimum Gasteiger partial charge on any atom is -0.312 e. The Bertz CT molecular complexity index is 510. The van der Waals surface area contributed by atoms with Gasteiger partial charge in [-0.3, -0.25) is 0 Å². The van der Waals surface area contributed by atoms with Crippen LogP contribution in [0.3, 0.4) is 0 Å². The molecular formula is C13H13ClFNS. The molecule has 0 amide bonds. The molecule has 2 aromatic rings. The van der Waals surface area contributed by atoms with Crippen molar-refractivity contribution in [3.8, 4) is 10.4 Å². The maximum Gasteiger partial charge on any atom is 0.150 e. The molecule has 0 aliphatic heterocycles. The molecule has 0 fully saturated rings. The molecule has 0 aliphatic rings. The van der Waals surface area contributed by atoms with Gasteiger partial charge in [0.05, 0.1) is 5.02 Å². The molecule has 0 unspecified atom stereocenters. The van der Waals surface area contributed by atoms with Crippen LogP contribution < -0.4 is 5.32 Å². The third-order valence-corrected chi connectivity index (χ3v) is 3.84. The Morgan fingerprint density at radius 1 is 1.29 bits per heavy atom. The number of benzene rings is 1. The molecule has 0 saturated carbocycles. The lowest BCUT2D eigenvalue weighted by Gasteiger charge is -2.01. The van der Waals surface area contributed by atoms with Crippen LogP contribution in [-0.4, -0.2) is 6.54 Å². The summed E-state index contributed by atoms with van der Waals surface area (Å²) in [5, 5.41) is 3.42. The van der Waals surface area contributed by atoms with E-state index in [2.05, 4.69) is 12.2 Å². The largest absolute Gasteiger partial charge is 0.312 e. The van der Waals surface area contributed by atoms with E-state index >= 15 is 0 Å².